The molecule has 2 aromatic rings. The van der Waals surface area contributed by atoms with Gasteiger partial charge in [-0.3, -0.25) is 9.59 Å². The first-order chi connectivity index (χ1) is 12.0. The molecule has 0 saturated carbocycles. The molecule has 0 saturated heterocycles. The minimum absolute atomic E-state index is 0.189. The number of nitrogens with one attached hydrogen (secondary N) is 2. The second-order valence-corrected chi connectivity index (χ2v) is 5.08. The molecule has 0 heterocycles. The van der Waals surface area contributed by atoms with Gasteiger partial charge in [-0.05, 0) is 35.9 Å². The highest BCUT2D eigenvalue weighted by Crippen LogP contribution is 2.19. The Labute approximate surface area is 145 Å². The van der Waals surface area contributed by atoms with E-state index in [1.165, 1.54) is 13.1 Å². The number of carbonyl (C=O) groups is 3. The standard InChI is InChI=1S/C19H18N2O4/c1-3-17(22)21-12-13-8-10-14(11-9-13)19(24)25-16-7-5-4-6-15(16)18(23)20-2/h3-11H,1,12H2,2H3,(H,20,23)(H,21,22). The number of para-hydroxylation sites is 1. The lowest BCUT2D eigenvalue weighted by molar-refractivity contribution is -0.116. The Hall–Kier alpha value is -3.41. The molecule has 128 valence electrons. The Balaban J connectivity index is 2.08. The maximum atomic E-state index is 12.3. The molecule has 0 atom stereocenters. The maximum absolute atomic E-state index is 12.3. The van der Waals surface area contributed by atoms with Crippen molar-refractivity contribution < 1.29 is 19.1 Å². The van der Waals surface area contributed by atoms with Crippen LogP contribution in [0.3, 0.4) is 0 Å². The average Bonchev–Trinajstić information content (AvgIpc) is 2.66. The molecule has 0 spiro atoms. The van der Waals surface area contributed by atoms with E-state index < -0.39 is 5.97 Å². The number of rotatable bonds is 6. The number of carbonyl (C=O) groups excluding carboxylic acids is 3. The van der Waals surface area contributed by atoms with E-state index in [4.69, 9.17) is 4.74 Å². The van der Waals surface area contributed by atoms with Crippen molar-refractivity contribution in [2.75, 3.05) is 7.05 Å². The number of ether oxygens (including phenoxy) is 1. The van der Waals surface area contributed by atoms with Crippen LogP contribution >= 0.6 is 0 Å². The second kappa shape index (κ2) is 8.44. The highest BCUT2D eigenvalue weighted by molar-refractivity contribution is 5.98. The van der Waals surface area contributed by atoms with E-state index in [1.54, 1.807) is 48.5 Å². The van der Waals surface area contributed by atoms with Crippen molar-refractivity contribution in [3.8, 4) is 5.75 Å². The number of hydrogen-bond donors (Lipinski definition) is 2. The van der Waals surface area contributed by atoms with Crippen LogP contribution < -0.4 is 15.4 Å². The van der Waals surface area contributed by atoms with Gasteiger partial charge in [-0.15, -0.1) is 0 Å². The lowest BCUT2D eigenvalue weighted by atomic mass is 10.1. The lowest BCUT2D eigenvalue weighted by Gasteiger charge is -2.09. The van der Waals surface area contributed by atoms with Crippen LogP contribution in [0.1, 0.15) is 26.3 Å². The van der Waals surface area contributed by atoms with Gasteiger partial charge in [0.05, 0.1) is 11.1 Å². The van der Waals surface area contributed by atoms with Crippen LogP contribution in [0.15, 0.2) is 61.2 Å². The van der Waals surface area contributed by atoms with Gasteiger partial charge < -0.3 is 15.4 Å². The van der Waals surface area contributed by atoms with E-state index in [-0.39, 0.29) is 23.1 Å². The molecule has 0 radical (unpaired) electrons. The Morgan fingerprint density at radius 3 is 2.40 bits per heavy atom. The van der Waals surface area contributed by atoms with Gasteiger partial charge in [-0.1, -0.05) is 30.8 Å². The normalized spacial score (nSPS) is 9.80. The Bertz CT molecular complexity index is 797. The van der Waals surface area contributed by atoms with Gasteiger partial charge in [0, 0.05) is 13.6 Å². The largest absolute Gasteiger partial charge is 0.422 e. The summed E-state index contributed by atoms with van der Waals surface area (Å²) in [6, 6.07) is 13.1. The molecular formula is C19H18N2O4. The fourth-order valence-corrected chi connectivity index (χ4v) is 2.06. The SMILES string of the molecule is C=CC(=O)NCc1ccc(C(=O)Oc2ccccc2C(=O)NC)cc1. The summed E-state index contributed by atoms with van der Waals surface area (Å²) in [6.07, 6.45) is 1.19. The molecule has 6 heteroatoms. The third-order valence-corrected chi connectivity index (χ3v) is 3.40. The average molecular weight is 338 g/mol. The highest BCUT2D eigenvalue weighted by atomic mass is 16.5. The summed E-state index contributed by atoms with van der Waals surface area (Å²) in [7, 11) is 1.50. The zero-order chi connectivity index (χ0) is 18.2. The smallest absolute Gasteiger partial charge is 0.343 e. The summed E-state index contributed by atoms with van der Waals surface area (Å²) in [4.78, 5) is 35.2. The van der Waals surface area contributed by atoms with Gasteiger partial charge in [0.15, 0.2) is 0 Å². The van der Waals surface area contributed by atoms with Gasteiger partial charge in [0.2, 0.25) is 5.91 Å². The monoisotopic (exact) mass is 338 g/mol. The van der Waals surface area contributed by atoms with Crippen molar-refractivity contribution in [1.29, 1.82) is 0 Å². The Kier molecular flexibility index (Phi) is 6.06. The Morgan fingerprint density at radius 2 is 1.76 bits per heavy atom. The summed E-state index contributed by atoms with van der Waals surface area (Å²) in [5.41, 5.74) is 1.45. The maximum Gasteiger partial charge on any atom is 0.343 e. The topological polar surface area (TPSA) is 84.5 Å². The molecule has 2 amide bonds. The second-order valence-electron chi connectivity index (χ2n) is 5.08. The molecule has 0 aromatic heterocycles. The van der Waals surface area contributed by atoms with Gasteiger partial charge in [-0.25, -0.2) is 4.79 Å². The Morgan fingerprint density at radius 1 is 1.08 bits per heavy atom. The van der Waals surface area contributed by atoms with E-state index in [9.17, 15) is 14.4 Å². The molecule has 2 rings (SSSR count). The molecule has 2 N–H and O–H groups in total. The first-order valence-corrected chi connectivity index (χ1v) is 7.57. The van der Waals surface area contributed by atoms with Crippen molar-refractivity contribution in [3.63, 3.8) is 0 Å². The van der Waals surface area contributed by atoms with Crippen molar-refractivity contribution >= 4 is 17.8 Å². The fourth-order valence-electron chi connectivity index (χ4n) is 2.06. The van der Waals surface area contributed by atoms with Crippen LogP contribution in [-0.2, 0) is 11.3 Å². The van der Waals surface area contributed by atoms with Crippen LogP contribution in [0.4, 0.5) is 0 Å². The molecule has 0 unspecified atom stereocenters. The van der Waals surface area contributed by atoms with Gasteiger partial charge in [0.25, 0.3) is 5.91 Å². The van der Waals surface area contributed by atoms with Crippen molar-refractivity contribution in [2.45, 2.75) is 6.54 Å². The molecule has 0 aliphatic heterocycles. The molecule has 0 aliphatic rings. The predicted octanol–water partition coefficient (Wildman–Crippen LogP) is 2.07. The summed E-state index contributed by atoms with van der Waals surface area (Å²) in [5, 5.41) is 5.14. The third-order valence-electron chi connectivity index (χ3n) is 3.40. The fraction of sp³-hybridized carbons (Fsp3) is 0.105. The van der Waals surface area contributed by atoms with Crippen LogP contribution in [0.5, 0.6) is 5.75 Å². The van der Waals surface area contributed by atoms with E-state index in [1.807, 2.05) is 0 Å². The van der Waals surface area contributed by atoms with Gasteiger partial charge >= 0.3 is 5.97 Å². The van der Waals surface area contributed by atoms with Crippen LogP contribution in [-0.4, -0.2) is 24.8 Å². The number of hydrogen-bond acceptors (Lipinski definition) is 4. The summed E-state index contributed by atoms with van der Waals surface area (Å²) < 4.78 is 5.33. The lowest BCUT2D eigenvalue weighted by Crippen LogP contribution is -2.20. The van der Waals surface area contributed by atoms with Gasteiger partial charge in [-0.2, -0.15) is 0 Å². The zero-order valence-corrected chi connectivity index (χ0v) is 13.7. The highest BCUT2D eigenvalue weighted by Gasteiger charge is 2.15. The van der Waals surface area contributed by atoms with Crippen molar-refractivity contribution in [3.05, 3.63) is 77.9 Å². The molecule has 2 aromatic carbocycles. The summed E-state index contributed by atoms with van der Waals surface area (Å²) in [6.45, 7) is 3.71. The van der Waals surface area contributed by atoms with Crippen molar-refractivity contribution in [2.24, 2.45) is 0 Å². The quantitative estimate of drug-likeness (QED) is 0.480. The van der Waals surface area contributed by atoms with Crippen LogP contribution in [0, 0.1) is 0 Å². The third kappa shape index (κ3) is 4.78. The van der Waals surface area contributed by atoms with Crippen LogP contribution in [0.2, 0.25) is 0 Å². The van der Waals surface area contributed by atoms with E-state index in [0.29, 0.717) is 12.1 Å². The van der Waals surface area contributed by atoms with E-state index >= 15 is 0 Å². The zero-order valence-electron chi connectivity index (χ0n) is 13.7. The number of esters is 1. The number of amides is 2. The summed E-state index contributed by atoms with van der Waals surface area (Å²) in [5.74, 6) is -0.988. The molecule has 0 fully saturated rings. The first-order valence-electron chi connectivity index (χ1n) is 7.57. The van der Waals surface area contributed by atoms with Crippen molar-refractivity contribution in [1.82, 2.24) is 10.6 Å². The van der Waals surface area contributed by atoms with E-state index in [0.717, 1.165) is 5.56 Å². The van der Waals surface area contributed by atoms with Gasteiger partial charge in [0.1, 0.15) is 5.75 Å². The molecule has 25 heavy (non-hydrogen) atoms. The van der Waals surface area contributed by atoms with E-state index in [2.05, 4.69) is 17.2 Å². The number of benzene rings is 2. The predicted molar refractivity (Wildman–Crippen MR) is 93.3 cm³/mol. The molecule has 6 nitrogen and oxygen atoms in total. The minimum atomic E-state index is -0.571. The molecular weight excluding hydrogens is 320 g/mol. The van der Waals surface area contributed by atoms with Crippen LogP contribution in [0.25, 0.3) is 0 Å². The minimum Gasteiger partial charge on any atom is -0.422 e. The molecule has 0 bridgehead atoms. The summed E-state index contributed by atoms with van der Waals surface area (Å²) >= 11 is 0. The molecule has 0 aliphatic carbocycles. The first kappa shape index (κ1) is 17.9.